The number of halogens is 1. The number of hydrogen-bond acceptors (Lipinski definition) is 2. The van der Waals surface area contributed by atoms with E-state index >= 15 is 0 Å². The first-order chi connectivity index (χ1) is 9.24. The van der Waals surface area contributed by atoms with Gasteiger partial charge in [0.1, 0.15) is 5.82 Å². The van der Waals surface area contributed by atoms with Gasteiger partial charge in [0.25, 0.3) is 0 Å². The highest BCUT2D eigenvalue weighted by atomic mass is 19.1. The van der Waals surface area contributed by atoms with Gasteiger partial charge < -0.3 is 11.1 Å². The van der Waals surface area contributed by atoms with Crippen LogP contribution in [0.5, 0.6) is 0 Å². The van der Waals surface area contributed by atoms with Crippen LogP contribution in [-0.2, 0) is 12.8 Å². The summed E-state index contributed by atoms with van der Waals surface area (Å²) in [6, 6.07) is 14.6. The van der Waals surface area contributed by atoms with Crippen LogP contribution in [0, 0.1) is 5.82 Å². The van der Waals surface area contributed by atoms with Crippen molar-refractivity contribution in [2.45, 2.75) is 12.8 Å². The number of nitrogen functional groups attached to an aromatic ring is 1. The number of anilines is 1. The van der Waals surface area contributed by atoms with E-state index in [1.807, 2.05) is 24.3 Å². The van der Waals surface area contributed by atoms with E-state index in [0.717, 1.165) is 37.2 Å². The lowest BCUT2D eigenvalue weighted by molar-refractivity contribution is 0.626. The molecule has 0 fully saturated rings. The summed E-state index contributed by atoms with van der Waals surface area (Å²) in [5, 5.41) is 3.39. The van der Waals surface area contributed by atoms with E-state index in [2.05, 4.69) is 17.4 Å². The van der Waals surface area contributed by atoms with Crippen LogP contribution in [0.1, 0.15) is 11.1 Å². The summed E-state index contributed by atoms with van der Waals surface area (Å²) in [4.78, 5) is 0. The van der Waals surface area contributed by atoms with Crippen molar-refractivity contribution in [3.63, 3.8) is 0 Å². The van der Waals surface area contributed by atoms with Gasteiger partial charge in [0.05, 0.1) is 0 Å². The summed E-state index contributed by atoms with van der Waals surface area (Å²) >= 11 is 0. The zero-order valence-electron chi connectivity index (χ0n) is 10.9. The third-order valence-corrected chi connectivity index (χ3v) is 3.07. The Kier molecular flexibility index (Phi) is 4.93. The molecule has 2 nitrogen and oxygen atoms in total. The molecule has 3 heteroatoms. The molecular weight excluding hydrogens is 239 g/mol. The maximum Gasteiger partial charge on any atom is 0.123 e. The molecule has 0 saturated carbocycles. The van der Waals surface area contributed by atoms with Gasteiger partial charge in [-0.3, -0.25) is 0 Å². The highest BCUT2D eigenvalue weighted by Crippen LogP contribution is 2.05. The average molecular weight is 258 g/mol. The molecule has 2 aromatic rings. The van der Waals surface area contributed by atoms with Crippen LogP contribution in [0.25, 0.3) is 0 Å². The molecule has 0 atom stereocenters. The molecule has 0 aromatic heterocycles. The highest BCUT2D eigenvalue weighted by Gasteiger charge is 1.95. The molecule has 0 unspecified atom stereocenters. The van der Waals surface area contributed by atoms with Gasteiger partial charge in [0.2, 0.25) is 0 Å². The van der Waals surface area contributed by atoms with E-state index in [1.54, 1.807) is 0 Å². The van der Waals surface area contributed by atoms with Crippen LogP contribution in [0.4, 0.5) is 10.1 Å². The number of nitrogens with two attached hydrogens (primary N) is 1. The third-order valence-electron chi connectivity index (χ3n) is 3.07. The topological polar surface area (TPSA) is 38.0 Å². The van der Waals surface area contributed by atoms with E-state index < -0.39 is 0 Å². The minimum absolute atomic E-state index is 0.181. The predicted molar refractivity (Wildman–Crippen MR) is 77.5 cm³/mol. The van der Waals surface area contributed by atoms with E-state index in [9.17, 15) is 4.39 Å². The Labute approximate surface area is 113 Å². The van der Waals surface area contributed by atoms with E-state index in [-0.39, 0.29) is 5.82 Å². The standard InChI is InChI=1S/C16H19FN2/c17-15-5-1-13(2-6-15)9-11-19-12-10-14-3-7-16(18)8-4-14/h1-8,19H,9-12,18H2. The molecule has 19 heavy (non-hydrogen) atoms. The maximum absolute atomic E-state index is 12.7. The van der Waals surface area contributed by atoms with E-state index in [4.69, 9.17) is 5.73 Å². The Morgan fingerprint density at radius 3 is 1.79 bits per heavy atom. The molecule has 0 aliphatic rings. The van der Waals surface area contributed by atoms with Gasteiger partial charge in [-0.1, -0.05) is 24.3 Å². The van der Waals surface area contributed by atoms with Gasteiger partial charge in [-0.05, 0) is 61.3 Å². The zero-order valence-corrected chi connectivity index (χ0v) is 10.9. The largest absolute Gasteiger partial charge is 0.399 e. The van der Waals surface area contributed by atoms with Crippen LogP contribution < -0.4 is 11.1 Å². The van der Waals surface area contributed by atoms with Crippen molar-refractivity contribution in [3.05, 3.63) is 65.5 Å². The maximum atomic E-state index is 12.7. The zero-order chi connectivity index (χ0) is 13.5. The molecule has 0 radical (unpaired) electrons. The van der Waals surface area contributed by atoms with Gasteiger partial charge >= 0.3 is 0 Å². The lowest BCUT2D eigenvalue weighted by atomic mass is 10.1. The second-order valence-corrected chi connectivity index (χ2v) is 4.62. The lowest BCUT2D eigenvalue weighted by Crippen LogP contribution is -2.20. The molecule has 0 heterocycles. The summed E-state index contributed by atoms with van der Waals surface area (Å²) < 4.78 is 12.7. The van der Waals surface area contributed by atoms with Gasteiger partial charge in [-0.25, -0.2) is 4.39 Å². The van der Waals surface area contributed by atoms with Crippen molar-refractivity contribution in [1.82, 2.24) is 5.32 Å². The van der Waals surface area contributed by atoms with Gasteiger partial charge in [0, 0.05) is 5.69 Å². The van der Waals surface area contributed by atoms with Gasteiger partial charge in [0.15, 0.2) is 0 Å². The molecular formula is C16H19FN2. The van der Waals surface area contributed by atoms with E-state index in [0.29, 0.717) is 0 Å². The minimum Gasteiger partial charge on any atom is -0.399 e. The highest BCUT2D eigenvalue weighted by molar-refractivity contribution is 5.39. The van der Waals surface area contributed by atoms with Crippen molar-refractivity contribution in [2.75, 3.05) is 18.8 Å². The Morgan fingerprint density at radius 2 is 1.26 bits per heavy atom. The van der Waals surface area contributed by atoms with Gasteiger partial charge in [-0.15, -0.1) is 0 Å². The van der Waals surface area contributed by atoms with Crippen LogP contribution in [-0.4, -0.2) is 13.1 Å². The van der Waals surface area contributed by atoms with Crippen LogP contribution in [0.15, 0.2) is 48.5 Å². The number of nitrogens with one attached hydrogen (secondary N) is 1. The fraction of sp³-hybridized carbons (Fsp3) is 0.250. The fourth-order valence-electron chi connectivity index (χ4n) is 1.93. The Balaban J connectivity index is 1.64. The number of benzene rings is 2. The molecule has 2 aromatic carbocycles. The summed E-state index contributed by atoms with van der Waals surface area (Å²) in [6.07, 6.45) is 1.91. The molecule has 0 spiro atoms. The normalized spacial score (nSPS) is 10.6. The smallest absolute Gasteiger partial charge is 0.123 e. The molecule has 0 aliphatic heterocycles. The van der Waals surface area contributed by atoms with Crippen molar-refractivity contribution < 1.29 is 4.39 Å². The average Bonchev–Trinajstić information content (AvgIpc) is 2.43. The van der Waals surface area contributed by atoms with Crippen LogP contribution in [0.3, 0.4) is 0 Å². The Hall–Kier alpha value is -1.87. The fourth-order valence-corrected chi connectivity index (χ4v) is 1.93. The number of hydrogen-bond donors (Lipinski definition) is 2. The summed E-state index contributed by atoms with van der Waals surface area (Å²) in [5.41, 5.74) is 8.87. The summed E-state index contributed by atoms with van der Waals surface area (Å²) in [6.45, 7) is 1.84. The molecule has 0 aliphatic carbocycles. The van der Waals surface area contributed by atoms with Crippen molar-refractivity contribution in [1.29, 1.82) is 0 Å². The first-order valence-corrected chi connectivity index (χ1v) is 6.53. The summed E-state index contributed by atoms with van der Waals surface area (Å²) in [5.74, 6) is -0.181. The molecule has 0 amide bonds. The molecule has 0 saturated heterocycles. The van der Waals surface area contributed by atoms with Crippen molar-refractivity contribution >= 4 is 5.69 Å². The number of rotatable bonds is 6. The minimum atomic E-state index is -0.181. The first kappa shape index (κ1) is 13.6. The van der Waals surface area contributed by atoms with Gasteiger partial charge in [-0.2, -0.15) is 0 Å². The quantitative estimate of drug-likeness (QED) is 0.617. The van der Waals surface area contributed by atoms with Crippen molar-refractivity contribution in [2.24, 2.45) is 0 Å². The first-order valence-electron chi connectivity index (χ1n) is 6.53. The van der Waals surface area contributed by atoms with Crippen molar-refractivity contribution in [3.8, 4) is 0 Å². The van der Waals surface area contributed by atoms with Crippen LogP contribution in [0.2, 0.25) is 0 Å². The SMILES string of the molecule is Nc1ccc(CCNCCc2ccc(F)cc2)cc1. The van der Waals surface area contributed by atoms with E-state index in [1.165, 1.54) is 17.7 Å². The second kappa shape index (κ2) is 6.90. The Morgan fingerprint density at radius 1 is 0.789 bits per heavy atom. The summed E-state index contributed by atoms with van der Waals surface area (Å²) in [7, 11) is 0. The third kappa shape index (κ3) is 4.72. The predicted octanol–water partition coefficient (Wildman–Crippen LogP) is 2.78. The Bertz CT molecular complexity index is 444. The second-order valence-electron chi connectivity index (χ2n) is 4.62. The monoisotopic (exact) mass is 258 g/mol. The molecule has 100 valence electrons. The molecule has 0 bridgehead atoms. The molecule has 3 N–H and O–H groups in total. The lowest BCUT2D eigenvalue weighted by Gasteiger charge is -2.05. The van der Waals surface area contributed by atoms with Crippen LogP contribution >= 0.6 is 0 Å². The molecule has 2 rings (SSSR count).